The van der Waals surface area contributed by atoms with Crippen LogP contribution in [0.2, 0.25) is 0 Å². The lowest BCUT2D eigenvalue weighted by molar-refractivity contribution is 0.402. The van der Waals surface area contributed by atoms with Crippen molar-refractivity contribution in [2.24, 2.45) is 5.73 Å². The largest absolute Gasteiger partial charge is 0.495 e. The van der Waals surface area contributed by atoms with E-state index in [-0.39, 0.29) is 6.04 Å². The average molecular weight is 370 g/mol. The van der Waals surface area contributed by atoms with Gasteiger partial charge in [0, 0.05) is 16.1 Å². The third-order valence-corrected chi connectivity index (χ3v) is 3.34. The van der Waals surface area contributed by atoms with E-state index in [4.69, 9.17) is 10.5 Å². The van der Waals surface area contributed by atoms with Gasteiger partial charge in [-0.05, 0) is 41.1 Å². The molecule has 0 radical (unpaired) electrons. The van der Waals surface area contributed by atoms with Crippen molar-refractivity contribution in [3.63, 3.8) is 0 Å². The molecule has 0 fully saturated rings. The predicted octanol–water partition coefficient (Wildman–Crippen LogP) is 3.47. The lowest BCUT2D eigenvalue weighted by Gasteiger charge is -2.15. The summed E-state index contributed by atoms with van der Waals surface area (Å²) in [6, 6.07) is 4.08. The molecule has 0 heterocycles. The van der Waals surface area contributed by atoms with Crippen molar-refractivity contribution in [1.82, 2.24) is 0 Å². The summed E-state index contributed by atoms with van der Waals surface area (Å²) in [5.41, 5.74) is 7.07. The van der Waals surface area contributed by atoms with E-state index in [0.717, 1.165) is 25.8 Å². The van der Waals surface area contributed by atoms with E-state index in [9.17, 15) is 0 Å². The van der Waals surface area contributed by atoms with E-state index in [1.807, 2.05) is 12.1 Å². The molecule has 78 valence electrons. The van der Waals surface area contributed by atoms with Crippen LogP contribution in [0.3, 0.4) is 0 Å². The number of hydrogen-bond donors (Lipinski definition) is 1. The number of hydrogen-bond acceptors (Lipinski definition) is 2. The first-order valence-electron chi connectivity index (χ1n) is 4.38. The summed E-state index contributed by atoms with van der Waals surface area (Å²) in [6.45, 7) is 2.07. The van der Waals surface area contributed by atoms with Gasteiger partial charge in [-0.1, -0.05) is 22.9 Å². The molecule has 1 atom stereocenters. The topological polar surface area (TPSA) is 35.2 Å². The number of nitrogens with two attached hydrogens (primary N) is 1. The molecule has 0 aliphatic carbocycles. The SMILES string of the molecule is CC[C@@H](N)c1cc(Br)cc(I)c1OC. The molecule has 4 heteroatoms. The fourth-order valence-corrected chi connectivity index (χ4v) is 3.06. The minimum Gasteiger partial charge on any atom is -0.495 e. The average Bonchev–Trinajstić information content (AvgIpc) is 2.15. The molecule has 0 bridgehead atoms. The van der Waals surface area contributed by atoms with Gasteiger partial charge in [-0.25, -0.2) is 0 Å². The van der Waals surface area contributed by atoms with Gasteiger partial charge < -0.3 is 10.5 Å². The maximum Gasteiger partial charge on any atom is 0.137 e. The summed E-state index contributed by atoms with van der Waals surface area (Å²) in [5, 5.41) is 0. The maximum absolute atomic E-state index is 6.00. The third kappa shape index (κ3) is 2.61. The summed E-state index contributed by atoms with van der Waals surface area (Å²) < 4.78 is 7.47. The Bertz CT molecular complexity index is 330. The molecule has 0 unspecified atom stereocenters. The molecular weight excluding hydrogens is 357 g/mol. The van der Waals surface area contributed by atoms with Crippen molar-refractivity contribution in [2.45, 2.75) is 19.4 Å². The van der Waals surface area contributed by atoms with Crippen LogP contribution in [0.4, 0.5) is 0 Å². The Morgan fingerprint density at radius 3 is 2.71 bits per heavy atom. The van der Waals surface area contributed by atoms with Crippen LogP contribution in [0.15, 0.2) is 16.6 Å². The number of halogens is 2. The van der Waals surface area contributed by atoms with Crippen molar-refractivity contribution < 1.29 is 4.74 Å². The lowest BCUT2D eigenvalue weighted by Crippen LogP contribution is -2.11. The van der Waals surface area contributed by atoms with Crippen LogP contribution < -0.4 is 10.5 Å². The Labute approximate surface area is 106 Å². The van der Waals surface area contributed by atoms with Crippen LogP contribution in [0.1, 0.15) is 24.9 Å². The Balaban J connectivity index is 3.24. The zero-order chi connectivity index (χ0) is 10.7. The molecule has 0 aliphatic rings. The molecular formula is C10H13BrINO. The van der Waals surface area contributed by atoms with Crippen LogP contribution in [0, 0.1) is 3.57 Å². The number of benzene rings is 1. The lowest BCUT2D eigenvalue weighted by atomic mass is 10.0. The van der Waals surface area contributed by atoms with Crippen molar-refractivity contribution in [3.8, 4) is 5.75 Å². The van der Waals surface area contributed by atoms with Gasteiger partial charge in [-0.15, -0.1) is 0 Å². The number of methoxy groups -OCH3 is 1. The minimum atomic E-state index is 0.0379. The molecule has 14 heavy (non-hydrogen) atoms. The molecule has 0 amide bonds. The van der Waals surface area contributed by atoms with Crippen molar-refractivity contribution in [1.29, 1.82) is 0 Å². The second kappa shape index (κ2) is 5.32. The molecule has 1 rings (SSSR count). The highest BCUT2D eigenvalue weighted by molar-refractivity contribution is 14.1. The zero-order valence-electron chi connectivity index (χ0n) is 8.18. The molecule has 0 spiro atoms. The Kier molecular flexibility index (Phi) is 4.66. The first-order valence-corrected chi connectivity index (χ1v) is 6.25. The van der Waals surface area contributed by atoms with Crippen molar-refractivity contribution in [2.75, 3.05) is 7.11 Å². The van der Waals surface area contributed by atoms with E-state index in [0.29, 0.717) is 0 Å². The highest BCUT2D eigenvalue weighted by atomic mass is 127. The monoisotopic (exact) mass is 369 g/mol. The second-order valence-electron chi connectivity index (χ2n) is 3.02. The van der Waals surface area contributed by atoms with Crippen molar-refractivity contribution in [3.05, 3.63) is 25.7 Å². The van der Waals surface area contributed by atoms with E-state index in [1.165, 1.54) is 0 Å². The highest BCUT2D eigenvalue weighted by Gasteiger charge is 2.13. The van der Waals surface area contributed by atoms with E-state index >= 15 is 0 Å². The van der Waals surface area contributed by atoms with Gasteiger partial charge in [0.15, 0.2) is 0 Å². The molecule has 0 saturated heterocycles. The maximum atomic E-state index is 6.00. The highest BCUT2D eigenvalue weighted by Crippen LogP contribution is 2.33. The third-order valence-electron chi connectivity index (χ3n) is 2.08. The molecule has 0 saturated carbocycles. The summed E-state index contributed by atoms with van der Waals surface area (Å²) in [4.78, 5) is 0. The van der Waals surface area contributed by atoms with E-state index in [1.54, 1.807) is 7.11 Å². The normalized spacial score (nSPS) is 12.6. The minimum absolute atomic E-state index is 0.0379. The van der Waals surface area contributed by atoms with Crippen LogP contribution in [0.5, 0.6) is 5.75 Å². The van der Waals surface area contributed by atoms with Crippen molar-refractivity contribution >= 4 is 38.5 Å². The molecule has 1 aromatic carbocycles. The number of rotatable bonds is 3. The summed E-state index contributed by atoms with van der Waals surface area (Å²) in [5.74, 6) is 0.892. The second-order valence-corrected chi connectivity index (χ2v) is 5.10. The van der Waals surface area contributed by atoms with Crippen LogP contribution in [-0.4, -0.2) is 7.11 Å². The summed E-state index contributed by atoms with van der Waals surface area (Å²) in [6.07, 6.45) is 0.906. The molecule has 1 aromatic rings. The fraction of sp³-hybridized carbons (Fsp3) is 0.400. The quantitative estimate of drug-likeness (QED) is 0.828. The smallest absolute Gasteiger partial charge is 0.137 e. The van der Waals surface area contributed by atoms with Gasteiger partial charge in [0.2, 0.25) is 0 Å². The Hall–Kier alpha value is 0.190. The Morgan fingerprint density at radius 2 is 2.21 bits per heavy atom. The predicted molar refractivity (Wildman–Crippen MR) is 70.6 cm³/mol. The van der Waals surface area contributed by atoms with E-state index < -0.39 is 0 Å². The van der Waals surface area contributed by atoms with Crippen LogP contribution in [-0.2, 0) is 0 Å². The van der Waals surface area contributed by atoms with Gasteiger partial charge in [0.1, 0.15) is 5.75 Å². The van der Waals surface area contributed by atoms with E-state index in [2.05, 4.69) is 45.4 Å². The van der Waals surface area contributed by atoms with Gasteiger partial charge in [-0.2, -0.15) is 0 Å². The van der Waals surface area contributed by atoms with Gasteiger partial charge >= 0.3 is 0 Å². The van der Waals surface area contributed by atoms with Crippen LogP contribution in [0.25, 0.3) is 0 Å². The fourth-order valence-electron chi connectivity index (χ4n) is 1.29. The first kappa shape index (κ1) is 12.3. The molecule has 2 nitrogen and oxygen atoms in total. The van der Waals surface area contributed by atoms with Crippen LogP contribution >= 0.6 is 38.5 Å². The number of ether oxygens (including phenoxy) is 1. The molecule has 0 aromatic heterocycles. The molecule has 2 N–H and O–H groups in total. The van der Waals surface area contributed by atoms with Gasteiger partial charge in [0.05, 0.1) is 10.7 Å². The summed E-state index contributed by atoms with van der Waals surface area (Å²) >= 11 is 5.71. The van der Waals surface area contributed by atoms with Gasteiger partial charge in [-0.3, -0.25) is 0 Å². The molecule has 0 aliphatic heterocycles. The standard InChI is InChI=1S/C10H13BrINO/c1-3-9(13)7-4-6(11)5-8(12)10(7)14-2/h4-5,9H,3,13H2,1-2H3/t9-/m1/s1. The summed E-state index contributed by atoms with van der Waals surface area (Å²) in [7, 11) is 1.68. The zero-order valence-corrected chi connectivity index (χ0v) is 11.9. The Morgan fingerprint density at radius 1 is 1.57 bits per heavy atom. The van der Waals surface area contributed by atoms with Gasteiger partial charge in [0.25, 0.3) is 0 Å². The first-order chi connectivity index (χ1) is 6.60.